The van der Waals surface area contributed by atoms with E-state index in [-0.39, 0.29) is 18.6 Å². The minimum Gasteiger partial charge on any atom is -0.492 e. The zero-order chi connectivity index (χ0) is 20.0. The third kappa shape index (κ3) is 3.06. The Labute approximate surface area is 169 Å². The first-order chi connectivity index (χ1) is 14.2. The first-order valence-corrected chi connectivity index (χ1v) is 9.90. The Morgan fingerprint density at radius 2 is 1.93 bits per heavy atom. The molecule has 3 aliphatic rings. The summed E-state index contributed by atoms with van der Waals surface area (Å²) in [6.07, 6.45) is 1.28. The van der Waals surface area contributed by atoms with E-state index in [2.05, 4.69) is 7.05 Å². The second-order valence-electron chi connectivity index (χ2n) is 7.60. The molecule has 0 saturated carbocycles. The van der Waals surface area contributed by atoms with Crippen LogP contribution in [0.5, 0.6) is 28.7 Å². The molecule has 0 saturated heterocycles. The number of methoxy groups -OCH3 is 1. The van der Waals surface area contributed by atoms with Crippen molar-refractivity contribution in [3.05, 3.63) is 41.0 Å². The van der Waals surface area contributed by atoms with Crippen LogP contribution < -0.4 is 28.6 Å². The fourth-order valence-corrected chi connectivity index (χ4v) is 4.42. The summed E-state index contributed by atoms with van der Waals surface area (Å²) in [5.41, 5.74) is 2.84. The van der Waals surface area contributed by atoms with Gasteiger partial charge in [0, 0.05) is 12.0 Å². The van der Waals surface area contributed by atoms with E-state index in [1.54, 1.807) is 13.2 Å². The van der Waals surface area contributed by atoms with Crippen LogP contribution in [0.25, 0.3) is 0 Å². The Morgan fingerprint density at radius 3 is 2.76 bits per heavy atom. The predicted molar refractivity (Wildman–Crippen MR) is 104 cm³/mol. The van der Waals surface area contributed by atoms with E-state index in [0.717, 1.165) is 29.8 Å². The van der Waals surface area contributed by atoms with E-state index >= 15 is 0 Å². The summed E-state index contributed by atoms with van der Waals surface area (Å²) < 4.78 is 28.1. The van der Waals surface area contributed by atoms with Gasteiger partial charge in [-0.25, -0.2) is 0 Å². The van der Waals surface area contributed by atoms with E-state index in [1.807, 2.05) is 18.2 Å². The van der Waals surface area contributed by atoms with Gasteiger partial charge >= 0.3 is 0 Å². The number of benzene rings is 2. The molecule has 1 unspecified atom stereocenters. The molecule has 2 aromatic carbocycles. The van der Waals surface area contributed by atoms with Gasteiger partial charge in [-0.05, 0) is 29.8 Å². The molecule has 0 bridgehead atoms. The van der Waals surface area contributed by atoms with E-state index in [4.69, 9.17) is 23.7 Å². The highest BCUT2D eigenvalue weighted by Gasteiger charge is 2.37. The molecule has 29 heavy (non-hydrogen) atoms. The van der Waals surface area contributed by atoms with Crippen molar-refractivity contribution >= 4 is 5.78 Å². The Bertz CT molecular complexity index is 972. The van der Waals surface area contributed by atoms with Crippen molar-refractivity contribution in [3.63, 3.8) is 0 Å². The molecular weight excluding hydrogens is 374 g/mol. The van der Waals surface area contributed by atoms with Crippen LogP contribution in [-0.2, 0) is 6.42 Å². The fraction of sp³-hybridized carbons (Fsp3) is 0.409. The second kappa shape index (κ2) is 7.15. The van der Waals surface area contributed by atoms with Gasteiger partial charge in [0.05, 0.1) is 32.7 Å². The second-order valence-corrected chi connectivity index (χ2v) is 7.60. The number of fused-ring (bicyclic) bond motifs is 3. The zero-order valence-corrected chi connectivity index (χ0v) is 16.6. The lowest BCUT2D eigenvalue weighted by atomic mass is 9.87. The van der Waals surface area contributed by atoms with Crippen molar-refractivity contribution < 1.29 is 33.4 Å². The fourth-order valence-electron chi connectivity index (χ4n) is 4.42. The lowest BCUT2D eigenvalue weighted by molar-refractivity contribution is -0.913. The third-order valence-corrected chi connectivity index (χ3v) is 5.93. The molecular formula is C22H24NO6+. The molecule has 2 atom stereocenters. The number of rotatable bonds is 4. The van der Waals surface area contributed by atoms with Crippen molar-refractivity contribution in [2.24, 2.45) is 0 Å². The van der Waals surface area contributed by atoms with Crippen molar-refractivity contribution in [1.29, 1.82) is 0 Å². The van der Waals surface area contributed by atoms with Gasteiger partial charge in [-0.2, -0.15) is 0 Å². The highest BCUT2D eigenvalue weighted by molar-refractivity contribution is 5.97. The van der Waals surface area contributed by atoms with E-state index in [1.165, 1.54) is 4.90 Å². The van der Waals surface area contributed by atoms with Gasteiger partial charge in [0.25, 0.3) is 0 Å². The van der Waals surface area contributed by atoms with Crippen molar-refractivity contribution in [2.75, 3.05) is 40.7 Å². The molecule has 0 radical (unpaired) electrons. The van der Waals surface area contributed by atoms with Gasteiger partial charge in [-0.15, -0.1) is 0 Å². The topological polar surface area (TPSA) is 67.7 Å². The van der Waals surface area contributed by atoms with Gasteiger partial charge in [0.2, 0.25) is 12.5 Å². The molecule has 7 nitrogen and oxygen atoms in total. The van der Waals surface area contributed by atoms with E-state index in [0.29, 0.717) is 48.2 Å². The molecule has 5 rings (SSSR count). The molecule has 1 N–H and O–H groups in total. The van der Waals surface area contributed by atoms with Crippen LogP contribution in [0.2, 0.25) is 0 Å². The zero-order valence-electron chi connectivity index (χ0n) is 16.6. The Morgan fingerprint density at radius 1 is 1.10 bits per heavy atom. The maximum absolute atomic E-state index is 13.2. The maximum Gasteiger partial charge on any atom is 0.231 e. The van der Waals surface area contributed by atoms with Crippen molar-refractivity contribution in [3.8, 4) is 28.7 Å². The first kappa shape index (κ1) is 18.1. The van der Waals surface area contributed by atoms with Crippen LogP contribution in [0.1, 0.15) is 33.9 Å². The molecule has 7 heteroatoms. The van der Waals surface area contributed by atoms with Gasteiger partial charge in [-0.3, -0.25) is 4.79 Å². The minimum atomic E-state index is -0.0242. The normalized spacial score (nSPS) is 21.4. The Balaban J connectivity index is 1.48. The van der Waals surface area contributed by atoms with Crippen molar-refractivity contribution in [2.45, 2.75) is 18.9 Å². The summed E-state index contributed by atoms with van der Waals surface area (Å²) in [5, 5.41) is 0. The highest BCUT2D eigenvalue weighted by atomic mass is 16.7. The Kier molecular flexibility index (Phi) is 4.47. The highest BCUT2D eigenvalue weighted by Crippen LogP contribution is 2.48. The summed E-state index contributed by atoms with van der Waals surface area (Å²) in [6, 6.07) is 7.42. The number of nitrogens with one attached hydrogen (secondary N) is 1. The number of ketones is 1. The molecule has 0 aromatic heterocycles. The quantitative estimate of drug-likeness (QED) is 0.789. The number of hydrogen-bond acceptors (Lipinski definition) is 6. The molecule has 0 amide bonds. The van der Waals surface area contributed by atoms with Gasteiger partial charge in [-0.1, -0.05) is 0 Å². The van der Waals surface area contributed by atoms with Crippen LogP contribution >= 0.6 is 0 Å². The number of carbonyl (C=O) groups excluding carboxylic acids is 1. The summed E-state index contributed by atoms with van der Waals surface area (Å²) in [5.74, 6) is 3.43. The summed E-state index contributed by atoms with van der Waals surface area (Å²) in [7, 11) is 3.76. The molecule has 3 aliphatic heterocycles. The third-order valence-electron chi connectivity index (χ3n) is 5.93. The minimum absolute atomic E-state index is 0.0242. The number of quaternary nitrogens is 1. The number of carbonyl (C=O) groups is 1. The number of likely N-dealkylation sites (N-methyl/N-ethyl adjacent to an activating group) is 1. The largest absolute Gasteiger partial charge is 0.492 e. The van der Waals surface area contributed by atoms with Gasteiger partial charge in [0.1, 0.15) is 19.3 Å². The summed E-state index contributed by atoms with van der Waals surface area (Å²) in [4.78, 5) is 14.5. The average Bonchev–Trinajstić information content (AvgIpc) is 3.22. The summed E-state index contributed by atoms with van der Waals surface area (Å²) in [6.45, 7) is 2.16. The predicted octanol–water partition coefficient (Wildman–Crippen LogP) is 1.58. The SMILES string of the molecule is COc1c2c(cc3c1[C@H](CC(=O)c1ccc4c(c1)OCCO4)[NH+](C)CC3)OCO2. The van der Waals surface area contributed by atoms with Gasteiger partial charge in [0.15, 0.2) is 28.8 Å². The van der Waals surface area contributed by atoms with Crippen LogP contribution in [-0.4, -0.2) is 46.5 Å². The first-order valence-electron chi connectivity index (χ1n) is 9.90. The smallest absolute Gasteiger partial charge is 0.231 e. The van der Waals surface area contributed by atoms with Crippen LogP contribution in [0, 0.1) is 0 Å². The van der Waals surface area contributed by atoms with Crippen molar-refractivity contribution in [1.82, 2.24) is 0 Å². The van der Waals surface area contributed by atoms with E-state index in [9.17, 15) is 4.79 Å². The number of Topliss-reactive ketones (excluding diaryl/α,β-unsaturated/α-hetero) is 1. The molecule has 0 spiro atoms. The molecule has 2 aromatic rings. The standard InChI is InChI=1S/C22H23NO6/c1-23-6-5-14-10-19-21(29-12-28-19)22(25-2)20(14)15(23)11-16(24)13-3-4-17-18(9-13)27-8-7-26-17/h3-4,9-10,15H,5-8,11-12H2,1-2H3/p+1/t15-/m0/s1. The van der Waals surface area contributed by atoms with Gasteiger partial charge < -0.3 is 28.6 Å². The lowest BCUT2D eigenvalue weighted by Crippen LogP contribution is -3.10. The lowest BCUT2D eigenvalue weighted by Gasteiger charge is -2.32. The molecule has 0 fully saturated rings. The number of hydrogen-bond donors (Lipinski definition) is 1. The Hall–Kier alpha value is -2.93. The van der Waals surface area contributed by atoms with Crippen LogP contribution in [0.15, 0.2) is 24.3 Å². The summed E-state index contributed by atoms with van der Waals surface area (Å²) >= 11 is 0. The maximum atomic E-state index is 13.2. The van der Waals surface area contributed by atoms with Crippen LogP contribution in [0.3, 0.4) is 0 Å². The number of ether oxygens (including phenoxy) is 5. The molecule has 152 valence electrons. The van der Waals surface area contributed by atoms with E-state index < -0.39 is 0 Å². The average molecular weight is 398 g/mol. The monoisotopic (exact) mass is 398 g/mol. The molecule has 3 heterocycles. The molecule has 0 aliphatic carbocycles. The van der Waals surface area contributed by atoms with Crippen LogP contribution in [0.4, 0.5) is 0 Å².